The lowest BCUT2D eigenvalue weighted by Crippen LogP contribution is -2.07. The monoisotopic (exact) mass is 211 g/mol. The number of halogens is 1. The molecule has 5 nitrogen and oxygen atoms in total. The average molecular weight is 212 g/mol. The number of aromatic nitrogens is 3. The molecule has 0 fully saturated rings. The summed E-state index contributed by atoms with van der Waals surface area (Å²) in [6.45, 7) is 0. The fourth-order valence-corrected chi connectivity index (χ4v) is 1.18. The van der Waals surface area contributed by atoms with Crippen molar-refractivity contribution in [3.05, 3.63) is 35.3 Å². The number of carbonyl (C=O) groups is 1. The molecule has 72 valence electrons. The van der Waals surface area contributed by atoms with Gasteiger partial charge in [-0.05, 0) is 23.7 Å². The lowest BCUT2D eigenvalue weighted by atomic mass is 10.3. The first-order valence-corrected chi connectivity index (χ1v) is 4.20. The van der Waals surface area contributed by atoms with Crippen molar-refractivity contribution in [1.82, 2.24) is 14.8 Å². The number of hydrogen-bond acceptors (Lipinski definition) is 4. The van der Waals surface area contributed by atoms with Crippen LogP contribution in [0, 0.1) is 0 Å². The van der Waals surface area contributed by atoms with E-state index in [9.17, 15) is 4.79 Å². The number of nitrogens with zero attached hydrogens (tertiary/aromatic N) is 3. The second-order valence-corrected chi connectivity index (χ2v) is 3.07. The van der Waals surface area contributed by atoms with E-state index in [1.807, 2.05) is 0 Å². The van der Waals surface area contributed by atoms with Gasteiger partial charge in [0.1, 0.15) is 6.33 Å². The molecule has 0 saturated carbocycles. The van der Waals surface area contributed by atoms with Gasteiger partial charge in [0, 0.05) is 7.05 Å². The van der Waals surface area contributed by atoms with E-state index in [2.05, 4.69) is 10.2 Å². The second-order valence-electron chi connectivity index (χ2n) is 2.70. The number of aryl methyl sites for hydroxylation is 1. The summed E-state index contributed by atoms with van der Waals surface area (Å²) in [5.41, 5.74) is 0. The Hall–Kier alpha value is -1.62. The van der Waals surface area contributed by atoms with Crippen LogP contribution >= 0.6 is 11.6 Å². The van der Waals surface area contributed by atoms with E-state index in [-0.39, 0.29) is 22.6 Å². The first-order chi connectivity index (χ1) is 6.68. The molecule has 14 heavy (non-hydrogen) atoms. The first-order valence-electron chi connectivity index (χ1n) is 3.82. The summed E-state index contributed by atoms with van der Waals surface area (Å²) in [5.74, 6) is 0.0408. The Labute approximate surface area is 84.3 Å². The topological polar surface area (TPSA) is 60.9 Å². The minimum absolute atomic E-state index is 0.158. The van der Waals surface area contributed by atoms with Crippen LogP contribution in [0.3, 0.4) is 0 Å². The molecule has 0 aliphatic carbocycles. The second kappa shape index (κ2) is 3.26. The molecule has 0 atom stereocenters. The van der Waals surface area contributed by atoms with Crippen LogP contribution in [0.2, 0.25) is 5.22 Å². The molecule has 2 rings (SSSR count). The van der Waals surface area contributed by atoms with Crippen LogP contribution in [0.1, 0.15) is 16.4 Å². The van der Waals surface area contributed by atoms with Crippen LogP contribution in [0.5, 0.6) is 0 Å². The Morgan fingerprint density at radius 1 is 1.57 bits per heavy atom. The first kappa shape index (κ1) is 8.96. The summed E-state index contributed by atoms with van der Waals surface area (Å²) in [5, 5.41) is 7.43. The molecule has 0 radical (unpaired) electrons. The zero-order chi connectivity index (χ0) is 10.1. The third-order valence-corrected chi connectivity index (χ3v) is 1.91. The van der Waals surface area contributed by atoms with Crippen LogP contribution in [-0.4, -0.2) is 20.5 Å². The molecular weight excluding hydrogens is 206 g/mol. The van der Waals surface area contributed by atoms with Gasteiger partial charge in [-0.25, -0.2) is 0 Å². The quantitative estimate of drug-likeness (QED) is 0.703. The van der Waals surface area contributed by atoms with Crippen LogP contribution in [-0.2, 0) is 7.05 Å². The van der Waals surface area contributed by atoms with Crippen molar-refractivity contribution in [2.24, 2.45) is 7.05 Å². The van der Waals surface area contributed by atoms with Crippen molar-refractivity contribution < 1.29 is 9.21 Å². The van der Waals surface area contributed by atoms with E-state index in [0.717, 1.165) is 0 Å². The number of rotatable bonds is 2. The smallest absolute Gasteiger partial charge is 0.265 e. The van der Waals surface area contributed by atoms with Gasteiger partial charge >= 0.3 is 0 Å². The highest BCUT2D eigenvalue weighted by Crippen LogP contribution is 2.15. The van der Waals surface area contributed by atoms with E-state index in [0.29, 0.717) is 0 Å². The van der Waals surface area contributed by atoms with E-state index in [1.54, 1.807) is 7.05 Å². The van der Waals surface area contributed by atoms with Crippen molar-refractivity contribution in [3.63, 3.8) is 0 Å². The SMILES string of the molecule is Cn1cnnc1C(=O)c1ccc(Cl)o1. The normalized spacial score (nSPS) is 10.4. The largest absolute Gasteiger partial charge is 0.441 e. The molecule has 0 bridgehead atoms. The van der Waals surface area contributed by atoms with E-state index >= 15 is 0 Å². The fourth-order valence-electron chi connectivity index (χ4n) is 1.04. The predicted molar refractivity (Wildman–Crippen MR) is 48.2 cm³/mol. The molecule has 2 aromatic rings. The third kappa shape index (κ3) is 1.42. The molecule has 0 aliphatic heterocycles. The molecule has 6 heteroatoms. The van der Waals surface area contributed by atoms with Crippen molar-refractivity contribution in [1.29, 1.82) is 0 Å². The summed E-state index contributed by atoms with van der Waals surface area (Å²) in [6, 6.07) is 3.00. The highest BCUT2D eigenvalue weighted by Gasteiger charge is 2.17. The molecule has 0 saturated heterocycles. The Bertz CT molecular complexity index is 474. The Morgan fingerprint density at radius 2 is 2.36 bits per heavy atom. The van der Waals surface area contributed by atoms with Crippen molar-refractivity contribution in [2.45, 2.75) is 0 Å². The number of ketones is 1. The Kier molecular flexibility index (Phi) is 2.09. The van der Waals surface area contributed by atoms with Gasteiger partial charge < -0.3 is 8.98 Å². The van der Waals surface area contributed by atoms with Crippen LogP contribution in [0.4, 0.5) is 0 Å². The number of furan rings is 1. The molecule has 2 heterocycles. The summed E-state index contributed by atoms with van der Waals surface area (Å²) < 4.78 is 6.47. The summed E-state index contributed by atoms with van der Waals surface area (Å²) in [4.78, 5) is 11.7. The van der Waals surface area contributed by atoms with E-state index in [4.69, 9.17) is 16.0 Å². The predicted octanol–water partition coefficient (Wildman–Crippen LogP) is 1.29. The maximum atomic E-state index is 11.7. The van der Waals surface area contributed by atoms with Crippen molar-refractivity contribution in [2.75, 3.05) is 0 Å². The van der Waals surface area contributed by atoms with Gasteiger partial charge in [-0.3, -0.25) is 4.79 Å². The number of carbonyl (C=O) groups excluding carboxylic acids is 1. The molecule has 2 aromatic heterocycles. The summed E-state index contributed by atoms with van der Waals surface area (Å²) in [6.07, 6.45) is 1.44. The maximum absolute atomic E-state index is 11.7. The van der Waals surface area contributed by atoms with Gasteiger partial charge in [0.15, 0.2) is 11.0 Å². The van der Waals surface area contributed by atoms with E-state index < -0.39 is 0 Å². The zero-order valence-electron chi connectivity index (χ0n) is 7.27. The highest BCUT2D eigenvalue weighted by atomic mass is 35.5. The molecular formula is C8H6ClN3O2. The third-order valence-electron chi connectivity index (χ3n) is 1.71. The molecule has 0 N–H and O–H groups in total. The minimum Gasteiger partial charge on any atom is -0.441 e. The maximum Gasteiger partial charge on any atom is 0.265 e. The molecule has 0 aliphatic rings. The van der Waals surface area contributed by atoms with Crippen LogP contribution in [0.25, 0.3) is 0 Å². The molecule has 0 amide bonds. The Balaban J connectivity index is 2.38. The average Bonchev–Trinajstić information content (AvgIpc) is 2.73. The van der Waals surface area contributed by atoms with Gasteiger partial charge in [0.25, 0.3) is 5.78 Å². The molecule has 0 unspecified atom stereocenters. The molecule has 0 spiro atoms. The van der Waals surface area contributed by atoms with E-state index in [1.165, 1.54) is 23.0 Å². The van der Waals surface area contributed by atoms with Crippen LogP contribution in [0.15, 0.2) is 22.9 Å². The van der Waals surface area contributed by atoms with Crippen LogP contribution < -0.4 is 0 Å². The number of hydrogen-bond donors (Lipinski definition) is 0. The van der Waals surface area contributed by atoms with Gasteiger partial charge in [-0.2, -0.15) is 0 Å². The lowest BCUT2D eigenvalue weighted by Gasteiger charge is -1.94. The van der Waals surface area contributed by atoms with Crippen molar-refractivity contribution >= 4 is 17.4 Å². The van der Waals surface area contributed by atoms with Crippen molar-refractivity contribution in [3.8, 4) is 0 Å². The highest BCUT2D eigenvalue weighted by molar-refractivity contribution is 6.29. The van der Waals surface area contributed by atoms with Gasteiger partial charge in [0.2, 0.25) is 5.82 Å². The summed E-state index contributed by atoms with van der Waals surface area (Å²) in [7, 11) is 1.68. The van der Waals surface area contributed by atoms with Gasteiger partial charge in [-0.1, -0.05) is 0 Å². The zero-order valence-corrected chi connectivity index (χ0v) is 8.02. The lowest BCUT2D eigenvalue weighted by molar-refractivity contribution is 0.0996. The fraction of sp³-hybridized carbons (Fsp3) is 0.125. The van der Waals surface area contributed by atoms with Gasteiger partial charge in [0.05, 0.1) is 0 Å². The van der Waals surface area contributed by atoms with Gasteiger partial charge in [-0.15, -0.1) is 10.2 Å². The summed E-state index contributed by atoms with van der Waals surface area (Å²) >= 11 is 5.54. The standard InChI is InChI=1S/C8H6ClN3O2/c1-12-4-10-11-8(12)7(13)5-2-3-6(9)14-5/h2-4H,1H3. The Morgan fingerprint density at radius 3 is 2.86 bits per heavy atom. The molecule has 0 aromatic carbocycles. The minimum atomic E-state index is -0.336.